The van der Waals surface area contributed by atoms with Crippen LogP contribution >= 0.6 is 0 Å². The molecule has 1 aliphatic heterocycles. The number of nitrogens with zero attached hydrogens (tertiary/aromatic N) is 1. The molecule has 0 unspecified atom stereocenters. The number of hydrogen-bond acceptors (Lipinski definition) is 7. The van der Waals surface area contributed by atoms with E-state index in [0.29, 0.717) is 38.4 Å². The molecule has 0 saturated carbocycles. The second-order valence-electron chi connectivity index (χ2n) is 7.71. The van der Waals surface area contributed by atoms with Crippen LogP contribution in [0.4, 0.5) is 5.88 Å². The van der Waals surface area contributed by atoms with Gasteiger partial charge in [-0.3, -0.25) is 10.1 Å². The molecule has 0 bridgehead atoms. The smallest absolute Gasteiger partial charge is 0.247 e. The normalized spacial score (nSPS) is 17.3. The van der Waals surface area contributed by atoms with Crippen molar-refractivity contribution >= 4 is 21.6 Å². The molecule has 8 nitrogen and oxygen atoms in total. The quantitative estimate of drug-likeness (QED) is 0.760. The Labute approximate surface area is 154 Å². The molecule has 0 aromatic carbocycles. The predicted molar refractivity (Wildman–Crippen MR) is 96.9 cm³/mol. The van der Waals surface area contributed by atoms with Crippen molar-refractivity contribution < 1.29 is 27.2 Å². The third-order valence-electron chi connectivity index (χ3n) is 4.81. The van der Waals surface area contributed by atoms with Gasteiger partial charge in [0, 0.05) is 31.8 Å². The topological polar surface area (TPSA) is 108 Å². The lowest BCUT2D eigenvalue weighted by atomic mass is 9.90. The lowest BCUT2D eigenvalue weighted by Crippen LogP contribution is -2.50. The van der Waals surface area contributed by atoms with E-state index in [2.05, 4.69) is 10.5 Å². The summed E-state index contributed by atoms with van der Waals surface area (Å²) in [5.74, 6) is -0.527. The molecule has 0 aliphatic carbocycles. The predicted octanol–water partition coefficient (Wildman–Crippen LogP) is 1.91. The van der Waals surface area contributed by atoms with Crippen LogP contribution in [0.15, 0.2) is 10.6 Å². The van der Waals surface area contributed by atoms with Crippen molar-refractivity contribution in [1.29, 1.82) is 0 Å². The lowest BCUT2D eigenvalue weighted by Gasteiger charge is -2.30. The minimum Gasteiger partial charge on any atom is -0.384 e. The van der Waals surface area contributed by atoms with Gasteiger partial charge >= 0.3 is 0 Å². The van der Waals surface area contributed by atoms with E-state index < -0.39 is 31.2 Å². The molecule has 26 heavy (non-hydrogen) atoms. The largest absolute Gasteiger partial charge is 0.384 e. The number of nitrogens with one attached hydrogen (secondary N) is 1. The number of sulfone groups is 1. The van der Waals surface area contributed by atoms with Crippen LogP contribution in [0.2, 0.25) is 0 Å². The first-order chi connectivity index (χ1) is 12.0. The fourth-order valence-corrected chi connectivity index (χ4v) is 4.84. The summed E-state index contributed by atoms with van der Waals surface area (Å²) in [7, 11) is -2.09. The Kier molecular flexibility index (Phi) is 6.14. The maximum Gasteiger partial charge on any atom is 0.247 e. The molecule has 2 heterocycles. The number of carbonyl (C=O) groups excluding carboxylic acids is 1. The number of amides is 1. The number of anilines is 1. The Hall–Kier alpha value is -1.45. The molecule has 9 heteroatoms. The van der Waals surface area contributed by atoms with Gasteiger partial charge in [0.15, 0.2) is 9.84 Å². The fraction of sp³-hybridized carbons (Fsp3) is 0.765. The molecule has 1 N–H and O–H groups in total. The van der Waals surface area contributed by atoms with Crippen LogP contribution in [0.5, 0.6) is 0 Å². The van der Waals surface area contributed by atoms with Crippen molar-refractivity contribution in [2.45, 2.75) is 55.9 Å². The van der Waals surface area contributed by atoms with Crippen LogP contribution in [0, 0.1) is 0 Å². The van der Waals surface area contributed by atoms with Gasteiger partial charge in [0.05, 0.1) is 17.6 Å². The standard InChI is InChI=1S/C17H28N2O6S/c1-16(2,11-23-5)13-10-14(25-19-13)18-15(20)17(3,4)26(21,22)12-6-8-24-9-7-12/h10,12H,6-9,11H2,1-5H3,(H,18,20). The van der Waals surface area contributed by atoms with Gasteiger partial charge in [-0.05, 0) is 26.7 Å². The summed E-state index contributed by atoms with van der Waals surface area (Å²) in [6.07, 6.45) is 0.799. The SMILES string of the molecule is COCC(C)(C)c1cc(NC(=O)C(C)(C)S(=O)(=O)C2CCOCC2)on1. The van der Waals surface area contributed by atoms with Gasteiger partial charge in [-0.25, -0.2) is 8.42 Å². The number of aromatic nitrogens is 1. The van der Waals surface area contributed by atoms with Crippen LogP contribution < -0.4 is 5.32 Å². The molecule has 1 amide bonds. The fourth-order valence-electron chi connectivity index (χ4n) is 2.88. The van der Waals surface area contributed by atoms with E-state index in [9.17, 15) is 13.2 Å². The third-order valence-corrected chi connectivity index (χ3v) is 7.77. The highest BCUT2D eigenvalue weighted by molar-refractivity contribution is 7.94. The molecule has 1 aromatic rings. The van der Waals surface area contributed by atoms with E-state index in [-0.39, 0.29) is 5.88 Å². The molecular formula is C17H28N2O6S. The van der Waals surface area contributed by atoms with Crippen molar-refractivity contribution in [2.24, 2.45) is 0 Å². The van der Waals surface area contributed by atoms with Crippen LogP contribution in [0.3, 0.4) is 0 Å². The van der Waals surface area contributed by atoms with Gasteiger partial charge in [0.2, 0.25) is 11.8 Å². The molecule has 0 spiro atoms. The van der Waals surface area contributed by atoms with Crippen LogP contribution in [-0.4, -0.2) is 56.4 Å². The Bertz CT molecular complexity index is 732. The molecule has 0 atom stereocenters. The zero-order valence-corrected chi connectivity index (χ0v) is 16.8. The van der Waals surface area contributed by atoms with Crippen LogP contribution in [0.25, 0.3) is 0 Å². The van der Waals surface area contributed by atoms with Crippen molar-refractivity contribution in [3.05, 3.63) is 11.8 Å². The second-order valence-corrected chi connectivity index (χ2v) is 10.5. The summed E-state index contributed by atoms with van der Waals surface area (Å²) in [6.45, 7) is 7.90. The van der Waals surface area contributed by atoms with Gasteiger partial charge in [-0.15, -0.1) is 0 Å². The van der Waals surface area contributed by atoms with Crippen LogP contribution in [0.1, 0.15) is 46.2 Å². The maximum atomic E-state index is 12.9. The number of methoxy groups -OCH3 is 1. The Morgan fingerprint density at radius 1 is 1.31 bits per heavy atom. The Morgan fingerprint density at radius 3 is 2.50 bits per heavy atom. The van der Waals surface area contributed by atoms with Gasteiger partial charge in [-0.1, -0.05) is 19.0 Å². The first-order valence-corrected chi connectivity index (χ1v) is 10.2. The average Bonchev–Trinajstić information content (AvgIpc) is 3.05. The highest BCUT2D eigenvalue weighted by atomic mass is 32.2. The molecule has 1 aliphatic rings. The first-order valence-electron chi connectivity index (χ1n) is 8.61. The number of hydrogen-bond donors (Lipinski definition) is 1. The molecule has 2 rings (SSSR count). The zero-order valence-electron chi connectivity index (χ0n) is 16.0. The highest BCUT2D eigenvalue weighted by Crippen LogP contribution is 2.30. The number of rotatable bonds is 7. The van der Waals surface area contributed by atoms with E-state index in [1.165, 1.54) is 13.8 Å². The molecular weight excluding hydrogens is 360 g/mol. The van der Waals surface area contributed by atoms with Gasteiger partial charge < -0.3 is 14.0 Å². The van der Waals surface area contributed by atoms with E-state index in [4.69, 9.17) is 14.0 Å². The molecule has 1 fully saturated rings. The first kappa shape index (κ1) is 20.9. The van der Waals surface area contributed by atoms with E-state index in [1.54, 1.807) is 13.2 Å². The Morgan fingerprint density at radius 2 is 1.92 bits per heavy atom. The van der Waals surface area contributed by atoms with Gasteiger partial charge in [0.1, 0.15) is 4.75 Å². The minimum absolute atomic E-state index is 0.115. The summed E-state index contributed by atoms with van der Waals surface area (Å²) in [4.78, 5) is 12.7. The van der Waals surface area contributed by atoms with Crippen LogP contribution in [-0.2, 0) is 29.5 Å². The molecule has 1 aromatic heterocycles. The summed E-state index contributed by atoms with van der Waals surface area (Å²) in [5.41, 5.74) is 0.213. The van der Waals surface area contributed by atoms with Gasteiger partial charge in [-0.2, -0.15) is 0 Å². The van der Waals surface area contributed by atoms with Gasteiger partial charge in [0.25, 0.3) is 0 Å². The monoisotopic (exact) mass is 388 g/mol. The molecule has 1 saturated heterocycles. The summed E-state index contributed by atoms with van der Waals surface area (Å²) < 4.78 is 39.8. The Balaban J connectivity index is 2.14. The average molecular weight is 388 g/mol. The van der Waals surface area contributed by atoms with Crippen molar-refractivity contribution in [3.8, 4) is 0 Å². The maximum absolute atomic E-state index is 12.9. The number of ether oxygens (including phenoxy) is 2. The third kappa shape index (κ3) is 4.10. The highest BCUT2D eigenvalue weighted by Gasteiger charge is 2.47. The van der Waals surface area contributed by atoms with Crippen molar-refractivity contribution in [3.63, 3.8) is 0 Å². The lowest BCUT2D eigenvalue weighted by molar-refractivity contribution is -0.118. The zero-order chi connectivity index (χ0) is 19.6. The second kappa shape index (κ2) is 7.66. The molecule has 0 radical (unpaired) electrons. The van der Waals surface area contributed by atoms with E-state index >= 15 is 0 Å². The summed E-state index contributed by atoms with van der Waals surface area (Å²) >= 11 is 0. The van der Waals surface area contributed by atoms with E-state index in [0.717, 1.165) is 0 Å². The summed E-state index contributed by atoms with van der Waals surface area (Å²) in [6, 6.07) is 1.59. The van der Waals surface area contributed by atoms with E-state index in [1.807, 2.05) is 13.8 Å². The number of carbonyl (C=O) groups is 1. The minimum atomic E-state index is -3.69. The molecule has 148 valence electrons. The van der Waals surface area contributed by atoms with Crippen molar-refractivity contribution in [1.82, 2.24) is 5.16 Å². The summed E-state index contributed by atoms with van der Waals surface area (Å²) in [5, 5.41) is 5.92. The van der Waals surface area contributed by atoms with Crippen molar-refractivity contribution in [2.75, 3.05) is 32.2 Å².